The maximum atomic E-state index is 13.4. The highest BCUT2D eigenvalue weighted by Gasteiger charge is 2.22. The molecule has 7 heteroatoms. The van der Waals surface area contributed by atoms with E-state index in [-0.39, 0.29) is 17.2 Å². The van der Waals surface area contributed by atoms with Gasteiger partial charge in [-0.25, -0.2) is 8.78 Å². The Bertz CT molecular complexity index is 782. The van der Waals surface area contributed by atoms with Crippen molar-refractivity contribution in [1.29, 1.82) is 0 Å². The van der Waals surface area contributed by atoms with Gasteiger partial charge >= 0.3 is 0 Å². The highest BCUT2D eigenvalue weighted by atomic mass is 32.2. The van der Waals surface area contributed by atoms with Crippen LogP contribution in [-0.4, -0.2) is 24.6 Å². The molecule has 0 spiro atoms. The molecule has 1 unspecified atom stereocenters. The highest BCUT2D eigenvalue weighted by Crippen LogP contribution is 2.18. The number of carbonyl (C=O) groups excluding carboxylic acids is 2. The molecule has 0 radical (unpaired) electrons. The molecule has 0 bridgehead atoms. The standard InChI is InChI=1S/C19H20F2N2O2S/c1-12-3-5-13(6-4-12)10-26-11-17(24)23-18(19(25)22-2)14-7-8-15(20)16(21)9-14/h3-9,18H,10-11H2,1-2H3,(H,22,25)(H,23,24). The molecule has 0 aromatic heterocycles. The summed E-state index contributed by atoms with van der Waals surface area (Å²) in [5, 5.41) is 4.98. The van der Waals surface area contributed by atoms with Crippen LogP contribution in [0.1, 0.15) is 22.7 Å². The summed E-state index contributed by atoms with van der Waals surface area (Å²) in [6.45, 7) is 2.00. The molecule has 4 nitrogen and oxygen atoms in total. The summed E-state index contributed by atoms with van der Waals surface area (Å²) < 4.78 is 26.5. The first-order valence-electron chi connectivity index (χ1n) is 8.00. The number of halogens is 2. The Morgan fingerprint density at radius 3 is 2.38 bits per heavy atom. The fraction of sp³-hybridized carbons (Fsp3) is 0.263. The Morgan fingerprint density at radius 2 is 1.77 bits per heavy atom. The van der Waals surface area contributed by atoms with E-state index in [0.717, 1.165) is 23.3 Å². The zero-order valence-corrected chi connectivity index (χ0v) is 15.3. The van der Waals surface area contributed by atoms with Gasteiger partial charge in [-0.15, -0.1) is 11.8 Å². The van der Waals surface area contributed by atoms with E-state index in [1.807, 2.05) is 31.2 Å². The molecule has 2 aromatic carbocycles. The number of thioether (sulfide) groups is 1. The van der Waals surface area contributed by atoms with Crippen molar-refractivity contribution in [3.05, 3.63) is 70.8 Å². The molecule has 2 aromatic rings. The third-order valence-electron chi connectivity index (χ3n) is 3.71. The molecule has 0 saturated heterocycles. The molecule has 0 aliphatic carbocycles. The summed E-state index contributed by atoms with van der Waals surface area (Å²) in [6, 6.07) is 10.0. The maximum Gasteiger partial charge on any atom is 0.246 e. The number of hydrogen-bond donors (Lipinski definition) is 2. The first kappa shape index (κ1) is 19.9. The van der Waals surface area contributed by atoms with Gasteiger partial charge in [0.1, 0.15) is 6.04 Å². The molecule has 0 aliphatic rings. The van der Waals surface area contributed by atoms with Crippen LogP contribution >= 0.6 is 11.8 Å². The smallest absolute Gasteiger partial charge is 0.246 e. The van der Waals surface area contributed by atoms with Gasteiger partial charge in [0.05, 0.1) is 5.75 Å². The van der Waals surface area contributed by atoms with Crippen molar-refractivity contribution in [3.8, 4) is 0 Å². The number of carbonyl (C=O) groups is 2. The fourth-order valence-electron chi connectivity index (χ4n) is 2.29. The van der Waals surface area contributed by atoms with Gasteiger partial charge in [0.2, 0.25) is 11.8 Å². The number of nitrogens with one attached hydrogen (secondary N) is 2. The van der Waals surface area contributed by atoms with E-state index in [1.165, 1.54) is 24.9 Å². The second kappa shape index (κ2) is 9.33. The van der Waals surface area contributed by atoms with E-state index in [1.54, 1.807) is 0 Å². The minimum Gasteiger partial charge on any atom is -0.357 e. The van der Waals surface area contributed by atoms with Crippen molar-refractivity contribution in [3.63, 3.8) is 0 Å². The number of benzene rings is 2. The first-order valence-corrected chi connectivity index (χ1v) is 9.15. The van der Waals surface area contributed by atoms with Gasteiger partial charge in [-0.2, -0.15) is 0 Å². The molecule has 2 N–H and O–H groups in total. The van der Waals surface area contributed by atoms with Gasteiger partial charge in [0.25, 0.3) is 0 Å². The van der Waals surface area contributed by atoms with Crippen LogP contribution in [0.4, 0.5) is 8.78 Å². The van der Waals surface area contributed by atoms with Crippen LogP contribution < -0.4 is 10.6 Å². The number of likely N-dealkylation sites (N-methyl/N-ethyl adjacent to an activating group) is 1. The molecule has 138 valence electrons. The van der Waals surface area contributed by atoms with Crippen LogP contribution in [0.3, 0.4) is 0 Å². The summed E-state index contributed by atoms with van der Waals surface area (Å²) in [4.78, 5) is 24.2. The van der Waals surface area contributed by atoms with Gasteiger partial charge in [-0.3, -0.25) is 9.59 Å². The fourth-order valence-corrected chi connectivity index (χ4v) is 3.08. The van der Waals surface area contributed by atoms with Crippen LogP contribution in [0.2, 0.25) is 0 Å². The van der Waals surface area contributed by atoms with Crippen molar-refractivity contribution in [2.45, 2.75) is 18.7 Å². The number of rotatable bonds is 7. The molecule has 26 heavy (non-hydrogen) atoms. The molecule has 1 atom stereocenters. The lowest BCUT2D eigenvalue weighted by Gasteiger charge is -2.18. The predicted molar refractivity (Wildman–Crippen MR) is 98.6 cm³/mol. The quantitative estimate of drug-likeness (QED) is 0.778. The lowest BCUT2D eigenvalue weighted by Crippen LogP contribution is -2.39. The van der Waals surface area contributed by atoms with E-state index in [0.29, 0.717) is 5.75 Å². The van der Waals surface area contributed by atoms with E-state index >= 15 is 0 Å². The molecule has 0 saturated carbocycles. The van der Waals surface area contributed by atoms with Crippen molar-refractivity contribution in [2.75, 3.05) is 12.8 Å². The topological polar surface area (TPSA) is 58.2 Å². The second-order valence-electron chi connectivity index (χ2n) is 5.77. The Labute approximate surface area is 155 Å². The molecule has 0 aliphatic heterocycles. The number of amides is 2. The molecule has 2 amide bonds. The van der Waals surface area contributed by atoms with Gasteiger partial charge in [-0.1, -0.05) is 35.9 Å². The Balaban J connectivity index is 1.96. The highest BCUT2D eigenvalue weighted by molar-refractivity contribution is 7.99. The second-order valence-corrected chi connectivity index (χ2v) is 6.75. The first-order chi connectivity index (χ1) is 12.4. The Hall–Kier alpha value is -2.41. The largest absolute Gasteiger partial charge is 0.357 e. The third kappa shape index (κ3) is 5.56. The van der Waals surface area contributed by atoms with Gasteiger partial charge in [-0.05, 0) is 30.2 Å². The van der Waals surface area contributed by atoms with Crippen LogP contribution in [-0.2, 0) is 15.3 Å². The van der Waals surface area contributed by atoms with Crippen molar-refractivity contribution in [1.82, 2.24) is 10.6 Å². The van der Waals surface area contributed by atoms with E-state index in [9.17, 15) is 18.4 Å². The number of aryl methyl sites for hydroxylation is 1. The van der Waals surface area contributed by atoms with Gasteiger partial charge < -0.3 is 10.6 Å². The summed E-state index contributed by atoms with van der Waals surface area (Å²) in [5.41, 5.74) is 2.44. The molecule has 2 rings (SSSR count). The number of hydrogen-bond acceptors (Lipinski definition) is 3. The zero-order chi connectivity index (χ0) is 19.1. The zero-order valence-electron chi connectivity index (χ0n) is 14.5. The van der Waals surface area contributed by atoms with Crippen molar-refractivity contribution < 1.29 is 18.4 Å². The van der Waals surface area contributed by atoms with E-state index in [2.05, 4.69) is 10.6 Å². The summed E-state index contributed by atoms with van der Waals surface area (Å²) in [6.07, 6.45) is 0. The molecule has 0 fully saturated rings. The van der Waals surface area contributed by atoms with Crippen LogP contribution in [0.15, 0.2) is 42.5 Å². The lowest BCUT2D eigenvalue weighted by atomic mass is 10.1. The average Bonchev–Trinajstić information content (AvgIpc) is 2.63. The average molecular weight is 378 g/mol. The normalized spacial score (nSPS) is 11.7. The molecular formula is C19H20F2N2O2S. The summed E-state index contributed by atoms with van der Waals surface area (Å²) in [7, 11) is 1.41. The van der Waals surface area contributed by atoms with Crippen LogP contribution in [0.5, 0.6) is 0 Å². The molecule has 0 heterocycles. The maximum absolute atomic E-state index is 13.4. The SMILES string of the molecule is CNC(=O)C(NC(=O)CSCc1ccc(C)cc1)c1ccc(F)c(F)c1. The molecular weight excluding hydrogens is 358 g/mol. The van der Waals surface area contributed by atoms with Crippen molar-refractivity contribution >= 4 is 23.6 Å². The van der Waals surface area contributed by atoms with Gasteiger partial charge in [0.15, 0.2) is 11.6 Å². The van der Waals surface area contributed by atoms with Gasteiger partial charge in [0, 0.05) is 12.8 Å². The minimum atomic E-state index is -1.08. The summed E-state index contributed by atoms with van der Waals surface area (Å²) >= 11 is 1.40. The predicted octanol–water partition coefficient (Wildman–Crippen LogP) is 3.11. The van der Waals surface area contributed by atoms with Crippen LogP contribution in [0, 0.1) is 18.6 Å². The van der Waals surface area contributed by atoms with Crippen molar-refractivity contribution in [2.24, 2.45) is 0 Å². The Morgan fingerprint density at radius 1 is 1.08 bits per heavy atom. The monoisotopic (exact) mass is 378 g/mol. The minimum absolute atomic E-state index is 0.144. The van der Waals surface area contributed by atoms with E-state index < -0.39 is 23.6 Å². The van der Waals surface area contributed by atoms with Crippen LogP contribution in [0.25, 0.3) is 0 Å². The van der Waals surface area contributed by atoms with E-state index in [4.69, 9.17) is 0 Å². The Kier molecular flexibility index (Phi) is 7.15. The lowest BCUT2D eigenvalue weighted by molar-refractivity contribution is -0.127. The third-order valence-corrected chi connectivity index (χ3v) is 4.72. The summed E-state index contributed by atoms with van der Waals surface area (Å²) in [5.74, 6) is -2.15.